The maximum Gasteiger partial charge on any atom is 0.122 e. The lowest BCUT2D eigenvalue weighted by molar-refractivity contribution is 0.104. The predicted octanol–water partition coefficient (Wildman–Crippen LogP) is 0.737. The van der Waals surface area contributed by atoms with E-state index in [9.17, 15) is 5.11 Å². The van der Waals surface area contributed by atoms with Gasteiger partial charge in [0.2, 0.25) is 0 Å². The second kappa shape index (κ2) is 8.69. The van der Waals surface area contributed by atoms with E-state index in [1.54, 1.807) is 0 Å². The van der Waals surface area contributed by atoms with Crippen LogP contribution in [0.5, 0.6) is 5.75 Å². The van der Waals surface area contributed by atoms with Gasteiger partial charge in [-0.2, -0.15) is 0 Å². The number of aliphatic hydroxyl groups excluding tert-OH is 2. The second-order valence-electron chi connectivity index (χ2n) is 3.99. The number of para-hydroxylation sites is 1. The molecule has 0 saturated heterocycles. The van der Waals surface area contributed by atoms with Crippen molar-refractivity contribution in [1.29, 1.82) is 0 Å². The van der Waals surface area contributed by atoms with E-state index in [1.165, 1.54) is 0 Å². The summed E-state index contributed by atoms with van der Waals surface area (Å²) in [5, 5.41) is 21.2. The lowest BCUT2D eigenvalue weighted by Crippen LogP contribution is -2.33. The van der Waals surface area contributed by atoms with E-state index in [4.69, 9.17) is 9.84 Å². The number of rotatable bonds is 9. The summed E-state index contributed by atoms with van der Waals surface area (Å²) >= 11 is 0. The number of hydrogen-bond donors (Lipinski definition) is 3. The van der Waals surface area contributed by atoms with Gasteiger partial charge in [0.05, 0.1) is 6.61 Å². The van der Waals surface area contributed by atoms with Gasteiger partial charge >= 0.3 is 0 Å². The molecular formula is C14H21NO3. The van der Waals surface area contributed by atoms with Gasteiger partial charge in [-0.05, 0) is 18.1 Å². The van der Waals surface area contributed by atoms with Crippen molar-refractivity contribution in [3.63, 3.8) is 0 Å². The van der Waals surface area contributed by atoms with Crippen LogP contribution < -0.4 is 10.1 Å². The van der Waals surface area contributed by atoms with Gasteiger partial charge in [-0.15, -0.1) is 6.58 Å². The minimum atomic E-state index is -0.590. The van der Waals surface area contributed by atoms with Crippen molar-refractivity contribution in [1.82, 2.24) is 5.32 Å². The average molecular weight is 251 g/mol. The fraction of sp³-hybridized carbons (Fsp3) is 0.429. The van der Waals surface area contributed by atoms with Gasteiger partial charge in [0.25, 0.3) is 0 Å². The average Bonchev–Trinajstić information content (AvgIpc) is 2.38. The van der Waals surface area contributed by atoms with Gasteiger partial charge in [-0.25, -0.2) is 0 Å². The van der Waals surface area contributed by atoms with Gasteiger partial charge in [-0.1, -0.05) is 24.3 Å². The van der Waals surface area contributed by atoms with Crippen LogP contribution >= 0.6 is 0 Å². The number of allylic oxidation sites excluding steroid dienone is 1. The quantitative estimate of drug-likeness (QED) is 0.447. The molecule has 0 amide bonds. The van der Waals surface area contributed by atoms with E-state index in [0.717, 1.165) is 17.7 Å². The maximum absolute atomic E-state index is 9.67. The Balaban J connectivity index is 2.40. The van der Waals surface area contributed by atoms with Crippen LogP contribution in [0.25, 0.3) is 0 Å². The normalized spacial score (nSPS) is 12.1. The summed E-state index contributed by atoms with van der Waals surface area (Å²) in [5.41, 5.74) is 1.06. The van der Waals surface area contributed by atoms with Gasteiger partial charge in [0.15, 0.2) is 0 Å². The van der Waals surface area contributed by atoms with E-state index in [1.807, 2.05) is 30.3 Å². The first-order valence-electron chi connectivity index (χ1n) is 6.09. The molecule has 4 heteroatoms. The summed E-state index contributed by atoms with van der Waals surface area (Å²) in [7, 11) is 0. The molecule has 0 aliphatic heterocycles. The van der Waals surface area contributed by atoms with Crippen molar-refractivity contribution < 1.29 is 14.9 Å². The summed E-state index contributed by atoms with van der Waals surface area (Å²) in [5.74, 6) is 0.776. The van der Waals surface area contributed by atoms with Crippen LogP contribution in [0.3, 0.4) is 0 Å². The summed E-state index contributed by atoms with van der Waals surface area (Å²) < 4.78 is 5.58. The topological polar surface area (TPSA) is 61.7 Å². The van der Waals surface area contributed by atoms with Crippen LogP contribution in [0.2, 0.25) is 0 Å². The molecule has 1 atom stereocenters. The summed E-state index contributed by atoms with van der Waals surface area (Å²) in [4.78, 5) is 0. The molecule has 18 heavy (non-hydrogen) atoms. The van der Waals surface area contributed by atoms with Crippen LogP contribution in [0.15, 0.2) is 36.9 Å². The third-order valence-corrected chi connectivity index (χ3v) is 2.44. The van der Waals surface area contributed by atoms with Crippen molar-refractivity contribution in [3.8, 4) is 5.75 Å². The zero-order valence-electron chi connectivity index (χ0n) is 10.5. The molecule has 0 fully saturated rings. The fourth-order valence-corrected chi connectivity index (χ4v) is 1.56. The van der Waals surface area contributed by atoms with Crippen molar-refractivity contribution in [2.45, 2.75) is 12.5 Å². The van der Waals surface area contributed by atoms with E-state index in [2.05, 4.69) is 11.9 Å². The van der Waals surface area contributed by atoms with Crippen LogP contribution in [-0.4, -0.2) is 42.6 Å². The Kier molecular flexibility index (Phi) is 7.10. The van der Waals surface area contributed by atoms with Crippen LogP contribution in [0, 0.1) is 0 Å². The monoisotopic (exact) mass is 251 g/mol. The minimum absolute atomic E-state index is 0.0652. The molecule has 4 nitrogen and oxygen atoms in total. The molecule has 1 aromatic rings. The number of ether oxygens (including phenoxy) is 1. The van der Waals surface area contributed by atoms with Crippen LogP contribution in [0.4, 0.5) is 0 Å². The van der Waals surface area contributed by atoms with Crippen molar-refractivity contribution in [2.75, 3.05) is 26.3 Å². The van der Waals surface area contributed by atoms with E-state index >= 15 is 0 Å². The minimum Gasteiger partial charge on any atom is -0.491 e. The van der Waals surface area contributed by atoms with Crippen LogP contribution in [0.1, 0.15) is 5.56 Å². The number of nitrogens with one attached hydrogen (secondary N) is 1. The standard InChI is InChI=1S/C14H21NO3/c1-2-5-12-6-3-4-7-14(12)18-11-13(17)10-15-8-9-16/h2-4,6-7,13,15-17H,1,5,8-11H2. The summed E-state index contributed by atoms with van der Waals surface area (Å²) in [6, 6.07) is 7.71. The highest BCUT2D eigenvalue weighted by Gasteiger charge is 2.06. The molecule has 0 aromatic heterocycles. The van der Waals surface area contributed by atoms with Gasteiger partial charge < -0.3 is 20.3 Å². The molecule has 0 bridgehead atoms. The third kappa shape index (κ3) is 5.31. The Bertz CT molecular complexity index is 355. The molecule has 0 aliphatic rings. The zero-order chi connectivity index (χ0) is 13.2. The molecule has 0 saturated carbocycles. The molecule has 1 unspecified atom stereocenters. The molecule has 0 aliphatic carbocycles. The third-order valence-electron chi connectivity index (χ3n) is 2.44. The maximum atomic E-state index is 9.67. The smallest absolute Gasteiger partial charge is 0.122 e. The lowest BCUT2D eigenvalue weighted by Gasteiger charge is -2.14. The largest absolute Gasteiger partial charge is 0.491 e. The van der Waals surface area contributed by atoms with Gasteiger partial charge in [0.1, 0.15) is 18.5 Å². The number of hydrogen-bond acceptors (Lipinski definition) is 4. The molecule has 1 rings (SSSR count). The molecular weight excluding hydrogens is 230 g/mol. The SMILES string of the molecule is C=CCc1ccccc1OCC(O)CNCCO. The fourth-order valence-electron chi connectivity index (χ4n) is 1.56. The highest BCUT2D eigenvalue weighted by Crippen LogP contribution is 2.18. The zero-order valence-corrected chi connectivity index (χ0v) is 10.5. The van der Waals surface area contributed by atoms with E-state index in [-0.39, 0.29) is 13.2 Å². The Morgan fingerprint density at radius 3 is 2.89 bits per heavy atom. The Labute approximate surface area is 108 Å². The summed E-state index contributed by atoms with van der Waals surface area (Å²) in [6.45, 7) is 4.88. The predicted molar refractivity (Wildman–Crippen MR) is 71.8 cm³/mol. The van der Waals surface area contributed by atoms with Gasteiger partial charge in [-0.3, -0.25) is 0 Å². The Morgan fingerprint density at radius 1 is 1.39 bits per heavy atom. The second-order valence-corrected chi connectivity index (χ2v) is 3.99. The molecule has 0 spiro atoms. The van der Waals surface area contributed by atoms with E-state index in [0.29, 0.717) is 13.1 Å². The molecule has 100 valence electrons. The molecule has 1 aromatic carbocycles. The highest BCUT2D eigenvalue weighted by molar-refractivity contribution is 5.34. The molecule has 3 N–H and O–H groups in total. The number of aliphatic hydroxyl groups is 2. The van der Waals surface area contributed by atoms with Crippen molar-refractivity contribution >= 4 is 0 Å². The number of benzene rings is 1. The first-order chi connectivity index (χ1) is 8.77. The summed E-state index contributed by atoms with van der Waals surface area (Å²) in [6.07, 6.45) is 1.98. The first kappa shape index (κ1) is 14.7. The van der Waals surface area contributed by atoms with Gasteiger partial charge in [0, 0.05) is 13.1 Å². The highest BCUT2D eigenvalue weighted by atomic mass is 16.5. The molecule has 0 heterocycles. The van der Waals surface area contributed by atoms with Crippen LogP contribution in [-0.2, 0) is 6.42 Å². The Hall–Kier alpha value is -1.36. The molecule has 0 radical (unpaired) electrons. The van der Waals surface area contributed by atoms with Crippen molar-refractivity contribution in [3.05, 3.63) is 42.5 Å². The lowest BCUT2D eigenvalue weighted by atomic mass is 10.1. The first-order valence-corrected chi connectivity index (χ1v) is 6.09. The Morgan fingerprint density at radius 2 is 2.17 bits per heavy atom. The van der Waals surface area contributed by atoms with E-state index < -0.39 is 6.10 Å². The van der Waals surface area contributed by atoms with Crippen molar-refractivity contribution in [2.24, 2.45) is 0 Å².